The van der Waals surface area contributed by atoms with Gasteiger partial charge in [-0.05, 0) is 47.7 Å². The molecule has 0 aliphatic heterocycles. The number of aryl methyl sites for hydroxylation is 1. The van der Waals surface area contributed by atoms with Gasteiger partial charge in [0.25, 0.3) is 0 Å². The Kier molecular flexibility index (Phi) is 3.56. The molecule has 1 heterocycles. The van der Waals surface area contributed by atoms with E-state index in [1.54, 1.807) is 10.9 Å². The highest BCUT2D eigenvalue weighted by Gasteiger charge is 2.14. The molecule has 0 bridgehead atoms. The summed E-state index contributed by atoms with van der Waals surface area (Å²) in [5, 5.41) is 4.05. The fourth-order valence-electron chi connectivity index (χ4n) is 1.48. The zero-order chi connectivity index (χ0) is 12.4. The predicted octanol–water partition coefficient (Wildman–Crippen LogP) is 2.88. The highest BCUT2D eigenvalue weighted by atomic mass is 127. The summed E-state index contributed by atoms with van der Waals surface area (Å²) < 4.78 is 15.2. The zero-order valence-electron chi connectivity index (χ0n) is 9.15. The molecule has 0 aliphatic carbocycles. The van der Waals surface area contributed by atoms with E-state index in [0.717, 1.165) is 0 Å². The van der Waals surface area contributed by atoms with Crippen LogP contribution in [0.15, 0.2) is 30.6 Å². The number of hydrogen-bond acceptors (Lipinski definition) is 2. The van der Waals surface area contributed by atoms with E-state index < -0.39 is 0 Å². The lowest BCUT2D eigenvalue weighted by molar-refractivity contribution is 0.103. The van der Waals surface area contributed by atoms with E-state index in [9.17, 15) is 9.18 Å². The largest absolute Gasteiger partial charge is 0.288 e. The number of ketones is 1. The lowest BCUT2D eigenvalue weighted by Gasteiger charge is -2.01. The Hall–Kier alpha value is -1.24. The van der Waals surface area contributed by atoms with Crippen molar-refractivity contribution >= 4 is 28.4 Å². The third-order valence-electron chi connectivity index (χ3n) is 2.40. The average molecular weight is 344 g/mol. The molecule has 88 valence electrons. The number of hydrogen-bond donors (Lipinski definition) is 0. The molecule has 2 rings (SSSR count). The van der Waals surface area contributed by atoms with Gasteiger partial charge in [-0.15, -0.1) is 0 Å². The normalized spacial score (nSPS) is 10.5. The van der Waals surface area contributed by atoms with Crippen LogP contribution in [0.2, 0.25) is 0 Å². The summed E-state index contributed by atoms with van der Waals surface area (Å²) in [5.41, 5.74) is 1.03. The third kappa shape index (κ3) is 2.54. The first kappa shape index (κ1) is 12.2. The number of carbonyl (C=O) groups excluding carboxylic acids is 1. The van der Waals surface area contributed by atoms with Crippen molar-refractivity contribution in [3.63, 3.8) is 0 Å². The van der Waals surface area contributed by atoms with Crippen LogP contribution >= 0.6 is 22.6 Å². The Morgan fingerprint density at radius 3 is 2.88 bits per heavy atom. The molecule has 0 amide bonds. The van der Waals surface area contributed by atoms with Gasteiger partial charge in [-0.25, -0.2) is 4.39 Å². The van der Waals surface area contributed by atoms with E-state index in [1.165, 1.54) is 24.4 Å². The average Bonchev–Trinajstić information content (AvgIpc) is 2.76. The highest BCUT2D eigenvalue weighted by Crippen LogP contribution is 2.17. The molecule has 0 saturated carbocycles. The number of benzene rings is 1. The Labute approximate surface area is 112 Å². The van der Waals surface area contributed by atoms with E-state index >= 15 is 0 Å². The summed E-state index contributed by atoms with van der Waals surface area (Å²) in [6, 6.07) is 4.14. The number of halogens is 2. The van der Waals surface area contributed by atoms with Gasteiger partial charge in [0, 0.05) is 21.9 Å². The summed E-state index contributed by atoms with van der Waals surface area (Å²) in [6.07, 6.45) is 3.23. The van der Waals surface area contributed by atoms with Crippen molar-refractivity contribution in [3.05, 3.63) is 51.1 Å². The van der Waals surface area contributed by atoms with Crippen molar-refractivity contribution in [2.24, 2.45) is 0 Å². The molecule has 0 radical (unpaired) electrons. The first-order valence-electron chi connectivity index (χ1n) is 5.14. The topological polar surface area (TPSA) is 34.9 Å². The van der Waals surface area contributed by atoms with Crippen LogP contribution in [0, 0.1) is 9.39 Å². The minimum absolute atomic E-state index is 0.130. The predicted molar refractivity (Wildman–Crippen MR) is 70.5 cm³/mol. The van der Waals surface area contributed by atoms with Crippen molar-refractivity contribution in [1.29, 1.82) is 0 Å². The second-order valence-electron chi connectivity index (χ2n) is 3.54. The number of aromatic nitrogens is 2. The fraction of sp³-hybridized carbons (Fsp3) is 0.167. The molecule has 17 heavy (non-hydrogen) atoms. The number of nitrogens with zero attached hydrogens (tertiary/aromatic N) is 2. The molecular weight excluding hydrogens is 334 g/mol. The van der Waals surface area contributed by atoms with Crippen molar-refractivity contribution < 1.29 is 9.18 Å². The summed E-state index contributed by atoms with van der Waals surface area (Å²) in [6.45, 7) is 2.66. The standard InChI is InChI=1S/C12H10FIN2O/c1-2-16-7-8(6-15-16)12(17)10-4-3-9(13)5-11(10)14/h3-7H,2H2,1H3. The van der Waals surface area contributed by atoms with Crippen molar-refractivity contribution in [3.8, 4) is 0 Å². The number of rotatable bonds is 3. The van der Waals surface area contributed by atoms with Gasteiger partial charge in [-0.1, -0.05) is 0 Å². The summed E-state index contributed by atoms with van der Waals surface area (Å²) in [7, 11) is 0. The second kappa shape index (κ2) is 4.95. The van der Waals surface area contributed by atoms with Gasteiger partial charge >= 0.3 is 0 Å². The molecule has 0 saturated heterocycles. The lowest BCUT2D eigenvalue weighted by Crippen LogP contribution is -2.03. The fourth-order valence-corrected chi connectivity index (χ4v) is 2.21. The van der Waals surface area contributed by atoms with Crippen LogP contribution in [0.1, 0.15) is 22.8 Å². The SMILES string of the molecule is CCn1cc(C(=O)c2ccc(F)cc2I)cn1. The van der Waals surface area contributed by atoms with Gasteiger partial charge in [0.2, 0.25) is 0 Å². The maximum atomic E-state index is 12.9. The monoisotopic (exact) mass is 344 g/mol. The molecule has 0 fully saturated rings. The molecule has 0 unspecified atom stereocenters. The van der Waals surface area contributed by atoms with Gasteiger partial charge in [-0.2, -0.15) is 5.10 Å². The summed E-state index contributed by atoms with van der Waals surface area (Å²) in [4.78, 5) is 12.1. The molecule has 3 nitrogen and oxygen atoms in total. The second-order valence-corrected chi connectivity index (χ2v) is 4.70. The van der Waals surface area contributed by atoms with Crippen LogP contribution in [0.25, 0.3) is 0 Å². The highest BCUT2D eigenvalue weighted by molar-refractivity contribution is 14.1. The van der Waals surface area contributed by atoms with Gasteiger partial charge in [0.05, 0.1) is 11.8 Å². The van der Waals surface area contributed by atoms with Gasteiger partial charge in [-0.3, -0.25) is 9.48 Å². The lowest BCUT2D eigenvalue weighted by atomic mass is 10.1. The molecule has 0 spiro atoms. The van der Waals surface area contributed by atoms with Gasteiger partial charge in [0.15, 0.2) is 5.78 Å². The van der Waals surface area contributed by atoms with Crippen LogP contribution < -0.4 is 0 Å². The molecule has 2 aromatic rings. The van der Waals surface area contributed by atoms with Crippen LogP contribution in [0.3, 0.4) is 0 Å². The Bertz CT molecular complexity index is 565. The van der Waals surface area contributed by atoms with Gasteiger partial charge in [0.1, 0.15) is 5.82 Å². The van der Waals surface area contributed by atoms with Crippen molar-refractivity contribution in [1.82, 2.24) is 9.78 Å². The van der Waals surface area contributed by atoms with Crippen LogP contribution in [-0.4, -0.2) is 15.6 Å². The first-order valence-corrected chi connectivity index (χ1v) is 6.22. The van der Waals surface area contributed by atoms with E-state index in [4.69, 9.17) is 0 Å². The van der Waals surface area contributed by atoms with Crippen LogP contribution in [-0.2, 0) is 6.54 Å². The molecule has 0 N–H and O–H groups in total. The van der Waals surface area contributed by atoms with E-state index in [2.05, 4.69) is 5.10 Å². The van der Waals surface area contributed by atoms with Crippen LogP contribution in [0.5, 0.6) is 0 Å². The maximum absolute atomic E-state index is 12.9. The zero-order valence-corrected chi connectivity index (χ0v) is 11.3. The van der Waals surface area contributed by atoms with E-state index in [1.807, 2.05) is 29.5 Å². The smallest absolute Gasteiger partial charge is 0.197 e. The maximum Gasteiger partial charge on any atom is 0.197 e. The molecule has 0 aliphatic rings. The molecule has 1 aromatic heterocycles. The van der Waals surface area contributed by atoms with E-state index in [0.29, 0.717) is 21.2 Å². The van der Waals surface area contributed by atoms with E-state index in [-0.39, 0.29) is 11.6 Å². The number of carbonyl (C=O) groups is 1. The molecule has 5 heteroatoms. The Morgan fingerprint density at radius 2 is 2.29 bits per heavy atom. The Balaban J connectivity index is 2.36. The molecule has 0 atom stereocenters. The summed E-state index contributed by atoms with van der Waals surface area (Å²) in [5.74, 6) is -0.468. The van der Waals surface area contributed by atoms with Crippen LogP contribution in [0.4, 0.5) is 4.39 Å². The van der Waals surface area contributed by atoms with Crippen molar-refractivity contribution in [2.45, 2.75) is 13.5 Å². The minimum atomic E-state index is -0.338. The summed E-state index contributed by atoms with van der Waals surface area (Å²) >= 11 is 1.96. The molecule has 1 aromatic carbocycles. The minimum Gasteiger partial charge on any atom is -0.288 e. The van der Waals surface area contributed by atoms with Gasteiger partial charge < -0.3 is 0 Å². The first-order chi connectivity index (χ1) is 8.11. The van der Waals surface area contributed by atoms with Crippen molar-refractivity contribution in [2.75, 3.05) is 0 Å². The quantitative estimate of drug-likeness (QED) is 0.634. The Morgan fingerprint density at radius 1 is 1.53 bits per heavy atom. The third-order valence-corrected chi connectivity index (χ3v) is 3.29. The molecular formula is C12H10FIN2O.